The third kappa shape index (κ3) is 3.72. The number of hydrogen-bond acceptors (Lipinski definition) is 3. The third-order valence-corrected chi connectivity index (χ3v) is 4.89. The fourth-order valence-electron chi connectivity index (χ4n) is 2.53. The van der Waals surface area contributed by atoms with E-state index < -0.39 is 0 Å². The summed E-state index contributed by atoms with van der Waals surface area (Å²) >= 11 is 6.63. The Morgan fingerprint density at radius 3 is 2.43 bits per heavy atom. The minimum Gasteiger partial charge on any atom is -0.353 e. The van der Waals surface area contributed by atoms with E-state index in [0.717, 1.165) is 23.4 Å². The quantitative estimate of drug-likeness (QED) is 0.711. The van der Waals surface area contributed by atoms with Crippen LogP contribution >= 0.6 is 31.9 Å². The van der Waals surface area contributed by atoms with Crippen molar-refractivity contribution < 1.29 is 9.18 Å². The van der Waals surface area contributed by atoms with E-state index in [9.17, 15) is 9.18 Å². The van der Waals surface area contributed by atoms with Crippen molar-refractivity contribution in [2.45, 2.75) is 0 Å². The number of carbonyl (C=O) groups excluding carboxylic acids is 1. The Morgan fingerprint density at radius 2 is 1.83 bits per heavy atom. The second-order valence-electron chi connectivity index (χ2n) is 5.24. The van der Waals surface area contributed by atoms with Gasteiger partial charge >= 0.3 is 0 Å². The van der Waals surface area contributed by atoms with Gasteiger partial charge in [0, 0.05) is 41.3 Å². The Balaban J connectivity index is 1.66. The molecule has 2 heterocycles. The second-order valence-corrected chi connectivity index (χ2v) is 7.01. The van der Waals surface area contributed by atoms with Crippen LogP contribution in [0.2, 0.25) is 0 Å². The minimum absolute atomic E-state index is 0.0831. The van der Waals surface area contributed by atoms with Gasteiger partial charge in [-0.3, -0.25) is 4.79 Å². The molecule has 120 valence electrons. The van der Waals surface area contributed by atoms with Gasteiger partial charge in [0.25, 0.3) is 5.91 Å². The smallest absolute Gasteiger partial charge is 0.255 e. The van der Waals surface area contributed by atoms with Crippen molar-refractivity contribution in [3.8, 4) is 0 Å². The first-order valence-corrected chi connectivity index (χ1v) is 8.74. The summed E-state index contributed by atoms with van der Waals surface area (Å²) in [6.07, 6.45) is 1.77. The molecule has 1 aliphatic heterocycles. The molecule has 23 heavy (non-hydrogen) atoms. The second kappa shape index (κ2) is 6.97. The van der Waals surface area contributed by atoms with Gasteiger partial charge in [-0.05, 0) is 62.2 Å². The standard InChI is InChI=1S/C16H14Br2FN3O/c17-11-1-4-15(20-10-11)21-5-7-22(8-6-21)16(23)13-3-2-12(19)9-14(13)18/h1-4,9-10H,5-8H2. The molecule has 1 aliphatic rings. The van der Waals surface area contributed by atoms with E-state index in [-0.39, 0.29) is 11.7 Å². The maximum Gasteiger partial charge on any atom is 0.255 e. The summed E-state index contributed by atoms with van der Waals surface area (Å²) in [5.41, 5.74) is 0.488. The molecule has 4 nitrogen and oxygen atoms in total. The lowest BCUT2D eigenvalue weighted by Crippen LogP contribution is -2.49. The number of halogens is 3. The molecule has 0 N–H and O–H groups in total. The van der Waals surface area contributed by atoms with Crippen LogP contribution in [0, 0.1) is 5.82 Å². The minimum atomic E-state index is -0.362. The normalized spacial score (nSPS) is 14.9. The van der Waals surface area contributed by atoms with Gasteiger partial charge in [-0.1, -0.05) is 0 Å². The van der Waals surface area contributed by atoms with Crippen LogP contribution in [-0.2, 0) is 0 Å². The highest BCUT2D eigenvalue weighted by molar-refractivity contribution is 9.10. The molecule has 3 rings (SSSR count). The zero-order chi connectivity index (χ0) is 16.4. The van der Waals surface area contributed by atoms with Crippen LogP contribution in [0.3, 0.4) is 0 Å². The van der Waals surface area contributed by atoms with Crippen molar-refractivity contribution in [2.24, 2.45) is 0 Å². The summed E-state index contributed by atoms with van der Waals surface area (Å²) in [5, 5.41) is 0. The molecule has 0 spiro atoms. The largest absolute Gasteiger partial charge is 0.353 e. The molecule has 1 aromatic heterocycles. The lowest BCUT2D eigenvalue weighted by Gasteiger charge is -2.35. The SMILES string of the molecule is O=C(c1ccc(F)cc1Br)N1CCN(c2ccc(Br)cn2)CC1. The van der Waals surface area contributed by atoms with Crippen molar-refractivity contribution in [2.75, 3.05) is 31.1 Å². The fourth-order valence-corrected chi connectivity index (χ4v) is 3.28. The van der Waals surface area contributed by atoms with Crippen molar-refractivity contribution in [3.05, 3.63) is 56.9 Å². The molecule has 1 saturated heterocycles. The Hall–Kier alpha value is -1.47. The van der Waals surface area contributed by atoms with E-state index in [1.165, 1.54) is 18.2 Å². The van der Waals surface area contributed by atoms with E-state index in [2.05, 4.69) is 41.7 Å². The number of anilines is 1. The predicted octanol–water partition coefficient (Wildman–Crippen LogP) is 3.71. The van der Waals surface area contributed by atoms with E-state index in [4.69, 9.17) is 0 Å². The number of aromatic nitrogens is 1. The van der Waals surface area contributed by atoms with E-state index >= 15 is 0 Å². The molecule has 1 amide bonds. The Morgan fingerprint density at radius 1 is 1.09 bits per heavy atom. The molecule has 0 unspecified atom stereocenters. The van der Waals surface area contributed by atoms with Crippen LogP contribution in [0.25, 0.3) is 0 Å². The number of rotatable bonds is 2. The molecule has 0 bridgehead atoms. The average molecular weight is 443 g/mol. The Kier molecular flexibility index (Phi) is 4.96. The summed E-state index contributed by atoms with van der Waals surface area (Å²) in [4.78, 5) is 20.9. The molecule has 0 atom stereocenters. The van der Waals surface area contributed by atoms with Crippen LogP contribution in [0.4, 0.5) is 10.2 Å². The number of carbonyl (C=O) groups is 1. The summed E-state index contributed by atoms with van der Waals surface area (Å²) in [5.74, 6) is 0.461. The summed E-state index contributed by atoms with van der Waals surface area (Å²) in [6, 6.07) is 8.05. The maximum absolute atomic E-state index is 13.1. The van der Waals surface area contributed by atoms with Gasteiger partial charge in [0.1, 0.15) is 11.6 Å². The van der Waals surface area contributed by atoms with Crippen LogP contribution < -0.4 is 4.90 Å². The van der Waals surface area contributed by atoms with Gasteiger partial charge in [0.15, 0.2) is 0 Å². The van der Waals surface area contributed by atoms with Crippen LogP contribution in [0.5, 0.6) is 0 Å². The van der Waals surface area contributed by atoms with Gasteiger partial charge in [-0.15, -0.1) is 0 Å². The summed E-state index contributed by atoms with van der Waals surface area (Å²) in [7, 11) is 0. The number of pyridine rings is 1. The Bertz CT molecular complexity index is 716. The molecular weight excluding hydrogens is 429 g/mol. The highest BCUT2D eigenvalue weighted by atomic mass is 79.9. The number of amides is 1. The lowest BCUT2D eigenvalue weighted by molar-refractivity contribution is 0.0745. The number of nitrogens with zero attached hydrogens (tertiary/aromatic N) is 3. The van der Waals surface area contributed by atoms with Crippen molar-refractivity contribution in [3.63, 3.8) is 0 Å². The van der Waals surface area contributed by atoms with Crippen molar-refractivity contribution >= 4 is 43.6 Å². The average Bonchev–Trinajstić information content (AvgIpc) is 2.55. The number of piperazine rings is 1. The van der Waals surface area contributed by atoms with Gasteiger partial charge in [0.05, 0.1) is 5.56 Å². The fraction of sp³-hybridized carbons (Fsp3) is 0.250. The number of hydrogen-bond donors (Lipinski definition) is 0. The van der Waals surface area contributed by atoms with E-state index in [1.807, 2.05) is 12.1 Å². The maximum atomic E-state index is 13.1. The van der Waals surface area contributed by atoms with Gasteiger partial charge in [-0.25, -0.2) is 9.37 Å². The van der Waals surface area contributed by atoms with Gasteiger partial charge in [0.2, 0.25) is 0 Å². The predicted molar refractivity (Wildman–Crippen MR) is 94.2 cm³/mol. The zero-order valence-corrected chi connectivity index (χ0v) is 15.3. The molecule has 1 aromatic carbocycles. The third-order valence-electron chi connectivity index (χ3n) is 3.76. The first kappa shape index (κ1) is 16.4. The first-order valence-electron chi connectivity index (χ1n) is 7.15. The first-order chi connectivity index (χ1) is 11.0. The molecule has 7 heteroatoms. The molecular formula is C16H14Br2FN3O. The highest BCUT2D eigenvalue weighted by Gasteiger charge is 2.24. The van der Waals surface area contributed by atoms with Crippen LogP contribution in [-0.4, -0.2) is 42.0 Å². The molecule has 1 fully saturated rings. The summed E-state index contributed by atoms with van der Waals surface area (Å²) in [6.45, 7) is 2.67. The Labute approximate surface area is 150 Å². The topological polar surface area (TPSA) is 36.4 Å². The van der Waals surface area contributed by atoms with E-state index in [1.54, 1.807) is 11.1 Å². The van der Waals surface area contributed by atoms with Crippen molar-refractivity contribution in [1.82, 2.24) is 9.88 Å². The van der Waals surface area contributed by atoms with Crippen LogP contribution in [0.15, 0.2) is 45.5 Å². The highest BCUT2D eigenvalue weighted by Crippen LogP contribution is 2.22. The molecule has 0 saturated carbocycles. The molecule has 2 aromatic rings. The molecule has 0 aliphatic carbocycles. The summed E-state index contributed by atoms with van der Waals surface area (Å²) < 4.78 is 14.6. The van der Waals surface area contributed by atoms with Gasteiger partial charge in [-0.2, -0.15) is 0 Å². The number of benzene rings is 1. The lowest BCUT2D eigenvalue weighted by atomic mass is 10.1. The van der Waals surface area contributed by atoms with Crippen molar-refractivity contribution in [1.29, 1.82) is 0 Å². The zero-order valence-electron chi connectivity index (χ0n) is 12.2. The van der Waals surface area contributed by atoms with E-state index in [0.29, 0.717) is 23.1 Å². The monoisotopic (exact) mass is 441 g/mol. The van der Waals surface area contributed by atoms with Crippen LogP contribution in [0.1, 0.15) is 10.4 Å². The molecule has 0 radical (unpaired) electrons. The van der Waals surface area contributed by atoms with Gasteiger partial charge < -0.3 is 9.80 Å².